The van der Waals surface area contributed by atoms with Crippen molar-refractivity contribution < 1.29 is 27.1 Å². The van der Waals surface area contributed by atoms with Gasteiger partial charge in [0.1, 0.15) is 17.7 Å². The number of sulfonamides is 1. The summed E-state index contributed by atoms with van der Waals surface area (Å²) < 4.78 is 49.4. The number of nitrogens with one attached hydrogen (secondary N) is 3. The highest BCUT2D eigenvalue weighted by Gasteiger charge is 2.42. The molecule has 1 aromatic carbocycles. The SMILES string of the molecule is CCOC1CC(C(=O)Nc2cc(C(CCC3CC3)(NS(C)(=O)=O)c3ccncc3)ccc2F)N(C(=O)Nc2ccc(Cl)cn2)C1. The number of pyridine rings is 2. The molecule has 3 atom stereocenters. The Morgan fingerprint density at radius 1 is 1.11 bits per heavy atom. The fourth-order valence-electron chi connectivity index (χ4n) is 5.76. The molecule has 1 aliphatic carbocycles. The van der Waals surface area contributed by atoms with Gasteiger partial charge in [0.25, 0.3) is 0 Å². The number of carbonyl (C=O) groups is 2. The van der Waals surface area contributed by atoms with Crippen molar-refractivity contribution in [3.05, 3.63) is 83.0 Å². The van der Waals surface area contributed by atoms with E-state index in [0.717, 1.165) is 25.5 Å². The average Bonchev–Trinajstić information content (AvgIpc) is 3.74. The number of carbonyl (C=O) groups excluding carboxylic acids is 2. The number of anilines is 2. The molecule has 2 aliphatic rings. The van der Waals surface area contributed by atoms with Gasteiger partial charge >= 0.3 is 6.03 Å². The summed E-state index contributed by atoms with van der Waals surface area (Å²) in [5.41, 5.74) is -0.283. The first kappa shape index (κ1) is 32.7. The number of rotatable bonds is 12. The molecule has 1 aliphatic heterocycles. The number of amides is 3. The third-order valence-electron chi connectivity index (χ3n) is 8.07. The van der Waals surface area contributed by atoms with Gasteiger partial charge < -0.3 is 15.0 Å². The van der Waals surface area contributed by atoms with Crippen LogP contribution in [0.3, 0.4) is 0 Å². The van der Waals surface area contributed by atoms with Gasteiger partial charge in [-0.1, -0.05) is 30.5 Å². The van der Waals surface area contributed by atoms with Crippen LogP contribution in [0.1, 0.15) is 50.2 Å². The molecule has 3 unspecified atom stereocenters. The number of ether oxygens (including phenoxy) is 1. The Morgan fingerprint density at radius 2 is 1.87 bits per heavy atom. The lowest BCUT2D eigenvalue weighted by atomic mass is 9.79. The van der Waals surface area contributed by atoms with Crippen LogP contribution in [0.2, 0.25) is 5.02 Å². The van der Waals surface area contributed by atoms with Crippen molar-refractivity contribution in [2.24, 2.45) is 5.92 Å². The zero-order chi connectivity index (χ0) is 32.2. The van der Waals surface area contributed by atoms with Crippen molar-refractivity contribution in [1.29, 1.82) is 0 Å². The Labute approximate surface area is 267 Å². The molecule has 3 aromatic rings. The molecule has 0 radical (unpaired) electrons. The standard InChI is InChI=1S/C31H36ClFN6O5S/c1-3-44-24-17-27(39(19-24)30(41)37-28-9-7-23(32)18-35-28)29(40)36-26-16-22(6-8-25(26)33)31(38-45(2,42)43,13-10-20-4-5-20)21-11-14-34-15-12-21/h6-9,11-12,14-16,18,20,24,27,38H,3-5,10,13,17,19H2,1-2H3,(H,36,40)(H,35,37,41). The summed E-state index contributed by atoms with van der Waals surface area (Å²) >= 11 is 5.90. The summed E-state index contributed by atoms with van der Waals surface area (Å²) in [7, 11) is -3.75. The summed E-state index contributed by atoms with van der Waals surface area (Å²) in [6, 6.07) is 9.20. The second kappa shape index (κ2) is 13.8. The van der Waals surface area contributed by atoms with Crippen molar-refractivity contribution in [1.82, 2.24) is 19.6 Å². The van der Waals surface area contributed by atoms with Gasteiger partial charge in [0, 0.05) is 38.2 Å². The maximum absolute atomic E-state index is 15.3. The van der Waals surface area contributed by atoms with Gasteiger partial charge in [-0.2, -0.15) is 0 Å². The molecule has 1 saturated carbocycles. The van der Waals surface area contributed by atoms with E-state index in [4.69, 9.17) is 16.3 Å². The molecule has 0 spiro atoms. The smallest absolute Gasteiger partial charge is 0.323 e. The molecule has 2 fully saturated rings. The Balaban J connectivity index is 1.45. The number of halogens is 2. The number of nitrogens with zero attached hydrogens (tertiary/aromatic N) is 3. The molecule has 11 nitrogen and oxygen atoms in total. The van der Waals surface area contributed by atoms with Crippen molar-refractivity contribution in [3.63, 3.8) is 0 Å². The van der Waals surface area contributed by atoms with Gasteiger partial charge in [-0.25, -0.2) is 27.3 Å². The number of hydrogen-bond donors (Lipinski definition) is 3. The third kappa shape index (κ3) is 8.15. The minimum absolute atomic E-state index is 0.137. The van der Waals surface area contributed by atoms with E-state index >= 15 is 4.39 Å². The lowest BCUT2D eigenvalue weighted by molar-refractivity contribution is -0.119. The first-order chi connectivity index (χ1) is 21.5. The summed E-state index contributed by atoms with van der Waals surface area (Å²) in [6.45, 7) is 2.34. The molecule has 45 heavy (non-hydrogen) atoms. The number of urea groups is 1. The second-order valence-corrected chi connectivity index (χ2v) is 13.6. The molecule has 240 valence electrons. The van der Waals surface area contributed by atoms with E-state index in [0.29, 0.717) is 35.1 Å². The van der Waals surface area contributed by atoms with Gasteiger partial charge in [0.15, 0.2) is 0 Å². The molecule has 3 amide bonds. The van der Waals surface area contributed by atoms with Crippen LogP contribution < -0.4 is 15.4 Å². The quantitative estimate of drug-likeness (QED) is 0.251. The lowest BCUT2D eigenvalue weighted by Gasteiger charge is -2.36. The molecule has 3 N–H and O–H groups in total. The van der Waals surface area contributed by atoms with Gasteiger partial charge in [-0.3, -0.25) is 15.1 Å². The highest BCUT2D eigenvalue weighted by Crippen LogP contribution is 2.42. The highest BCUT2D eigenvalue weighted by atomic mass is 35.5. The van der Waals surface area contributed by atoms with Crippen LogP contribution in [-0.4, -0.2) is 66.8 Å². The van der Waals surface area contributed by atoms with E-state index in [1.54, 1.807) is 30.6 Å². The summed E-state index contributed by atoms with van der Waals surface area (Å²) in [5.74, 6) is -0.596. The predicted octanol–water partition coefficient (Wildman–Crippen LogP) is 4.90. The largest absolute Gasteiger partial charge is 0.377 e. The first-order valence-corrected chi connectivity index (χ1v) is 17.1. The monoisotopic (exact) mass is 658 g/mol. The van der Waals surface area contributed by atoms with E-state index in [2.05, 4.69) is 25.3 Å². The zero-order valence-corrected chi connectivity index (χ0v) is 26.6. The Bertz CT molecular complexity index is 1630. The van der Waals surface area contributed by atoms with E-state index in [1.165, 1.54) is 35.4 Å². The molecular weight excluding hydrogens is 623 g/mol. The highest BCUT2D eigenvalue weighted by molar-refractivity contribution is 7.88. The lowest BCUT2D eigenvalue weighted by Crippen LogP contribution is -2.47. The molecule has 3 heterocycles. The van der Waals surface area contributed by atoms with Crippen LogP contribution in [0, 0.1) is 11.7 Å². The topological polar surface area (TPSA) is 143 Å². The van der Waals surface area contributed by atoms with Crippen molar-refractivity contribution in [2.45, 2.75) is 56.7 Å². The molecular formula is C31H36ClFN6O5S. The fourth-order valence-corrected chi connectivity index (χ4v) is 6.85. The van der Waals surface area contributed by atoms with Gasteiger partial charge in [-0.15, -0.1) is 0 Å². The van der Waals surface area contributed by atoms with Crippen molar-refractivity contribution in [3.8, 4) is 0 Å². The van der Waals surface area contributed by atoms with Crippen LogP contribution >= 0.6 is 11.6 Å². The number of likely N-dealkylation sites (tertiary alicyclic amines) is 1. The minimum atomic E-state index is -3.75. The molecule has 5 rings (SSSR count). The number of aromatic nitrogens is 2. The van der Waals surface area contributed by atoms with Crippen molar-refractivity contribution in [2.75, 3.05) is 30.0 Å². The van der Waals surface area contributed by atoms with Gasteiger partial charge in [0.2, 0.25) is 15.9 Å². The predicted molar refractivity (Wildman–Crippen MR) is 169 cm³/mol. The van der Waals surface area contributed by atoms with Gasteiger partial charge in [-0.05, 0) is 73.2 Å². The van der Waals surface area contributed by atoms with E-state index in [1.807, 2.05) is 6.92 Å². The molecule has 14 heteroatoms. The summed E-state index contributed by atoms with van der Waals surface area (Å²) in [6.07, 6.45) is 8.70. The average molecular weight is 659 g/mol. The van der Waals surface area contributed by atoms with E-state index in [9.17, 15) is 18.0 Å². The van der Waals surface area contributed by atoms with E-state index in [-0.39, 0.29) is 24.5 Å². The van der Waals surface area contributed by atoms with Crippen LogP contribution in [0.5, 0.6) is 0 Å². The summed E-state index contributed by atoms with van der Waals surface area (Å²) in [4.78, 5) is 36.5. The van der Waals surface area contributed by atoms with Crippen LogP contribution in [-0.2, 0) is 25.1 Å². The summed E-state index contributed by atoms with van der Waals surface area (Å²) in [5, 5.41) is 5.73. The van der Waals surface area contributed by atoms with Crippen molar-refractivity contribution >= 4 is 45.1 Å². The minimum Gasteiger partial charge on any atom is -0.377 e. The Hall–Kier alpha value is -3.65. The zero-order valence-electron chi connectivity index (χ0n) is 25.0. The number of benzene rings is 1. The first-order valence-electron chi connectivity index (χ1n) is 14.8. The maximum atomic E-state index is 15.3. The second-order valence-electron chi connectivity index (χ2n) is 11.5. The maximum Gasteiger partial charge on any atom is 0.323 e. The van der Waals surface area contributed by atoms with E-state index < -0.39 is 45.5 Å². The normalized spacial score (nSPS) is 19.6. The molecule has 2 aromatic heterocycles. The fraction of sp³-hybridized carbons (Fsp3) is 0.419. The molecule has 1 saturated heterocycles. The van der Waals surface area contributed by atoms with Crippen LogP contribution in [0.4, 0.5) is 20.7 Å². The van der Waals surface area contributed by atoms with Gasteiger partial charge in [0.05, 0.1) is 28.6 Å². The third-order valence-corrected chi connectivity index (χ3v) is 9.01. The molecule has 0 bridgehead atoms. The van der Waals surface area contributed by atoms with Crippen LogP contribution in [0.25, 0.3) is 0 Å². The number of hydrogen-bond acceptors (Lipinski definition) is 7. The van der Waals surface area contributed by atoms with Crippen LogP contribution in [0.15, 0.2) is 61.1 Å². The Kier molecular flexibility index (Phi) is 10.0. The Morgan fingerprint density at radius 3 is 2.51 bits per heavy atom.